The maximum atomic E-state index is 12.3. The summed E-state index contributed by atoms with van der Waals surface area (Å²) in [6.45, 7) is 2.10. The highest BCUT2D eigenvalue weighted by atomic mass is 32.2. The third-order valence-corrected chi connectivity index (χ3v) is 3.93. The van der Waals surface area contributed by atoms with Crippen molar-refractivity contribution < 1.29 is 9.59 Å². The summed E-state index contributed by atoms with van der Waals surface area (Å²) in [7, 11) is 0. The van der Waals surface area contributed by atoms with Crippen LogP contribution < -0.4 is 0 Å². The van der Waals surface area contributed by atoms with Crippen molar-refractivity contribution in [2.45, 2.75) is 13.5 Å². The summed E-state index contributed by atoms with van der Waals surface area (Å²) in [6.07, 6.45) is 3.07. The van der Waals surface area contributed by atoms with Crippen LogP contribution in [0.2, 0.25) is 0 Å². The van der Waals surface area contributed by atoms with Crippen molar-refractivity contribution in [3.63, 3.8) is 0 Å². The van der Waals surface area contributed by atoms with Crippen molar-refractivity contribution in [1.29, 1.82) is 0 Å². The van der Waals surface area contributed by atoms with Gasteiger partial charge in [0.05, 0.1) is 11.4 Å². The predicted octanol–water partition coefficient (Wildman–Crippen LogP) is 2.35. The number of aromatic nitrogens is 3. The molecule has 0 bridgehead atoms. The molecule has 0 radical (unpaired) electrons. The van der Waals surface area contributed by atoms with Gasteiger partial charge in [-0.15, -0.1) is 0 Å². The number of aromatic amines is 1. The summed E-state index contributed by atoms with van der Waals surface area (Å²) in [5.74, 6) is 0.177. The zero-order chi connectivity index (χ0) is 14.8. The zero-order valence-electron chi connectivity index (χ0n) is 11.2. The first kappa shape index (κ1) is 13.6. The smallest absolute Gasteiger partial charge is 0.268 e. The number of aryl methyl sites for hydroxylation is 1. The minimum atomic E-state index is -0.304. The molecule has 0 saturated carbocycles. The van der Waals surface area contributed by atoms with E-state index in [2.05, 4.69) is 15.2 Å². The number of hydrogen-bond donors (Lipinski definition) is 1. The molecule has 1 saturated heterocycles. The van der Waals surface area contributed by atoms with Crippen LogP contribution in [0, 0.1) is 6.92 Å². The van der Waals surface area contributed by atoms with Gasteiger partial charge in [-0.2, -0.15) is 5.10 Å². The Morgan fingerprint density at radius 2 is 2.05 bits per heavy atom. The number of amides is 2. The molecule has 1 aromatic heterocycles. The van der Waals surface area contributed by atoms with Gasteiger partial charge in [-0.05, 0) is 30.3 Å². The molecule has 2 amide bonds. The Hall–Kier alpha value is -2.41. The predicted molar refractivity (Wildman–Crippen MR) is 79.1 cm³/mol. The van der Waals surface area contributed by atoms with Crippen molar-refractivity contribution in [2.75, 3.05) is 0 Å². The number of hydrogen-bond acceptors (Lipinski definition) is 5. The summed E-state index contributed by atoms with van der Waals surface area (Å²) >= 11 is 0.939. The van der Waals surface area contributed by atoms with Crippen molar-refractivity contribution in [3.05, 3.63) is 52.4 Å². The molecule has 1 N–H and O–H groups in total. The number of nitrogens with one attached hydrogen (secondary N) is 1. The lowest BCUT2D eigenvalue weighted by atomic mass is 10.1. The first-order valence-electron chi connectivity index (χ1n) is 6.30. The lowest BCUT2D eigenvalue weighted by Gasteiger charge is -2.09. The van der Waals surface area contributed by atoms with Crippen LogP contribution in [0.3, 0.4) is 0 Å². The highest BCUT2D eigenvalue weighted by Gasteiger charge is 2.35. The van der Waals surface area contributed by atoms with E-state index in [4.69, 9.17) is 0 Å². The Morgan fingerprint density at radius 3 is 2.71 bits per heavy atom. The first-order valence-corrected chi connectivity index (χ1v) is 7.11. The number of H-pyrrole nitrogens is 1. The molecular weight excluding hydrogens is 288 g/mol. The molecule has 0 unspecified atom stereocenters. The van der Waals surface area contributed by atoms with Crippen molar-refractivity contribution >= 4 is 29.0 Å². The van der Waals surface area contributed by atoms with Crippen molar-refractivity contribution in [3.8, 4) is 0 Å². The first-order chi connectivity index (χ1) is 10.1. The number of thioether (sulfide) groups is 1. The SMILES string of the molecule is Cc1ccc(/C=C2\SC(=O)N(Cc3ncn[nH]3)C2=O)cc1. The van der Waals surface area contributed by atoms with Crippen LogP contribution in [0.5, 0.6) is 0 Å². The molecule has 1 aliphatic heterocycles. The third-order valence-electron chi connectivity index (χ3n) is 3.02. The van der Waals surface area contributed by atoms with E-state index in [-0.39, 0.29) is 17.7 Å². The minimum absolute atomic E-state index is 0.107. The van der Waals surface area contributed by atoms with Gasteiger partial charge in [0.1, 0.15) is 12.2 Å². The summed E-state index contributed by atoms with van der Waals surface area (Å²) < 4.78 is 0. The summed E-state index contributed by atoms with van der Waals surface area (Å²) in [4.78, 5) is 29.7. The second-order valence-corrected chi connectivity index (χ2v) is 5.60. The van der Waals surface area contributed by atoms with Gasteiger partial charge in [-0.3, -0.25) is 19.6 Å². The third kappa shape index (κ3) is 2.87. The van der Waals surface area contributed by atoms with E-state index in [1.54, 1.807) is 6.08 Å². The van der Waals surface area contributed by atoms with Gasteiger partial charge >= 0.3 is 0 Å². The maximum Gasteiger partial charge on any atom is 0.293 e. The van der Waals surface area contributed by atoms with Gasteiger partial charge in [0, 0.05) is 0 Å². The quantitative estimate of drug-likeness (QED) is 0.880. The fourth-order valence-electron chi connectivity index (χ4n) is 1.91. The average Bonchev–Trinajstić information content (AvgIpc) is 3.06. The molecule has 6 nitrogen and oxygen atoms in total. The van der Waals surface area contributed by atoms with Gasteiger partial charge in [0.15, 0.2) is 0 Å². The number of carbonyl (C=O) groups is 2. The summed E-state index contributed by atoms with van der Waals surface area (Å²) in [6, 6.07) is 7.76. The van der Waals surface area contributed by atoms with Crippen LogP contribution in [0.25, 0.3) is 6.08 Å². The Balaban J connectivity index is 1.81. The van der Waals surface area contributed by atoms with E-state index in [0.717, 1.165) is 27.8 Å². The van der Waals surface area contributed by atoms with E-state index < -0.39 is 0 Å². The second-order valence-electron chi connectivity index (χ2n) is 4.61. The summed E-state index contributed by atoms with van der Waals surface area (Å²) in [5.41, 5.74) is 2.04. The van der Waals surface area contributed by atoms with Gasteiger partial charge in [-0.1, -0.05) is 29.8 Å². The Bertz CT molecular complexity index is 707. The molecule has 0 atom stereocenters. The van der Waals surface area contributed by atoms with E-state index in [9.17, 15) is 9.59 Å². The topological polar surface area (TPSA) is 79.0 Å². The van der Waals surface area contributed by atoms with Gasteiger partial charge in [0.2, 0.25) is 0 Å². The number of benzene rings is 1. The van der Waals surface area contributed by atoms with E-state index in [0.29, 0.717) is 10.7 Å². The van der Waals surface area contributed by atoms with E-state index >= 15 is 0 Å². The van der Waals surface area contributed by atoms with E-state index in [1.807, 2.05) is 31.2 Å². The van der Waals surface area contributed by atoms with Crippen LogP contribution in [-0.4, -0.2) is 31.2 Å². The average molecular weight is 300 g/mol. The van der Waals surface area contributed by atoms with Crippen LogP contribution in [0.1, 0.15) is 17.0 Å². The maximum absolute atomic E-state index is 12.3. The monoisotopic (exact) mass is 300 g/mol. The molecule has 1 fully saturated rings. The van der Waals surface area contributed by atoms with Crippen LogP contribution in [-0.2, 0) is 11.3 Å². The molecule has 2 aromatic rings. The van der Waals surface area contributed by atoms with Gasteiger partial charge in [-0.25, -0.2) is 4.98 Å². The molecule has 1 aromatic carbocycles. The second kappa shape index (κ2) is 5.53. The molecule has 2 heterocycles. The highest BCUT2D eigenvalue weighted by molar-refractivity contribution is 8.18. The Labute approximate surface area is 125 Å². The van der Waals surface area contributed by atoms with Crippen LogP contribution >= 0.6 is 11.8 Å². The molecule has 21 heavy (non-hydrogen) atoms. The van der Waals surface area contributed by atoms with Crippen LogP contribution in [0.4, 0.5) is 4.79 Å². The molecule has 106 valence electrons. The molecule has 3 rings (SSSR count). The van der Waals surface area contributed by atoms with Crippen LogP contribution in [0.15, 0.2) is 35.5 Å². The zero-order valence-corrected chi connectivity index (χ0v) is 12.1. The Kier molecular flexibility index (Phi) is 3.57. The molecule has 1 aliphatic rings. The van der Waals surface area contributed by atoms with Crippen molar-refractivity contribution in [1.82, 2.24) is 20.1 Å². The fraction of sp³-hybridized carbons (Fsp3) is 0.143. The van der Waals surface area contributed by atoms with E-state index in [1.165, 1.54) is 6.33 Å². The molecule has 0 aliphatic carbocycles. The fourth-order valence-corrected chi connectivity index (χ4v) is 2.75. The summed E-state index contributed by atoms with van der Waals surface area (Å²) in [5, 5.41) is 6.05. The number of rotatable bonds is 3. The normalized spacial score (nSPS) is 17.0. The molecule has 7 heteroatoms. The number of imide groups is 1. The largest absolute Gasteiger partial charge is 0.293 e. The van der Waals surface area contributed by atoms with Gasteiger partial charge < -0.3 is 0 Å². The minimum Gasteiger partial charge on any atom is -0.268 e. The lowest BCUT2D eigenvalue weighted by Crippen LogP contribution is -2.28. The molecular formula is C14H12N4O2S. The standard InChI is InChI=1S/C14H12N4O2S/c1-9-2-4-10(5-3-9)6-11-13(19)18(14(20)21-11)7-12-15-8-16-17-12/h2-6,8H,7H2,1H3,(H,15,16,17)/b11-6-. The Morgan fingerprint density at radius 1 is 1.29 bits per heavy atom. The van der Waals surface area contributed by atoms with Gasteiger partial charge in [0.25, 0.3) is 11.1 Å². The number of carbonyl (C=O) groups excluding carboxylic acids is 2. The lowest BCUT2D eigenvalue weighted by molar-refractivity contribution is -0.123. The van der Waals surface area contributed by atoms with Crippen molar-refractivity contribution in [2.24, 2.45) is 0 Å². The highest BCUT2D eigenvalue weighted by Crippen LogP contribution is 2.32. The molecule has 0 spiro atoms. The number of nitrogens with zero attached hydrogens (tertiary/aromatic N) is 3.